The van der Waals surface area contributed by atoms with Crippen molar-refractivity contribution in [3.63, 3.8) is 0 Å². The van der Waals surface area contributed by atoms with Crippen molar-refractivity contribution < 1.29 is 23.9 Å². The molecule has 1 heterocycles. The summed E-state index contributed by atoms with van der Waals surface area (Å²) in [7, 11) is 0. The number of benzene rings is 1. The van der Waals surface area contributed by atoms with E-state index in [4.69, 9.17) is 4.74 Å². The quantitative estimate of drug-likeness (QED) is 0.576. The number of hydrogen-bond acceptors (Lipinski definition) is 5. The molecule has 0 aromatic heterocycles. The molecule has 0 radical (unpaired) electrons. The highest BCUT2D eigenvalue weighted by atomic mass is 16.5. The SMILES string of the molecule is CCCOC(=O)c1ccc(NC(=O)CN2C(=O)NC3(CCCCC3)C2=O)cc1. The maximum Gasteiger partial charge on any atom is 0.338 e. The number of amides is 4. The van der Waals surface area contributed by atoms with Crippen LogP contribution in [-0.2, 0) is 14.3 Å². The van der Waals surface area contributed by atoms with Crippen LogP contribution < -0.4 is 10.6 Å². The number of anilines is 1. The van der Waals surface area contributed by atoms with Crippen molar-refractivity contribution in [3.8, 4) is 0 Å². The predicted octanol–water partition coefficient (Wildman–Crippen LogP) is 2.45. The van der Waals surface area contributed by atoms with Gasteiger partial charge in [-0.15, -0.1) is 0 Å². The van der Waals surface area contributed by atoms with Crippen LogP contribution in [0.3, 0.4) is 0 Å². The molecule has 2 aliphatic rings. The van der Waals surface area contributed by atoms with Crippen molar-refractivity contribution >= 4 is 29.5 Å². The summed E-state index contributed by atoms with van der Waals surface area (Å²) < 4.78 is 5.05. The standard InChI is InChI=1S/C20H25N3O5/c1-2-12-28-17(25)14-6-8-15(9-7-14)21-16(24)13-23-18(26)20(22-19(23)27)10-4-3-5-11-20/h6-9H,2-5,10-13H2,1H3,(H,21,24)(H,22,27). The molecule has 1 saturated carbocycles. The third-order valence-corrected chi connectivity index (χ3v) is 5.10. The summed E-state index contributed by atoms with van der Waals surface area (Å²) in [5, 5.41) is 5.43. The maximum absolute atomic E-state index is 12.7. The van der Waals surface area contributed by atoms with Gasteiger partial charge in [-0.1, -0.05) is 26.2 Å². The smallest absolute Gasteiger partial charge is 0.338 e. The molecule has 28 heavy (non-hydrogen) atoms. The first-order valence-electron chi connectivity index (χ1n) is 9.66. The van der Waals surface area contributed by atoms with E-state index in [9.17, 15) is 19.2 Å². The van der Waals surface area contributed by atoms with Gasteiger partial charge in [0.25, 0.3) is 5.91 Å². The Labute approximate surface area is 163 Å². The monoisotopic (exact) mass is 387 g/mol. The summed E-state index contributed by atoms with van der Waals surface area (Å²) in [6, 6.07) is 5.75. The molecule has 150 valence electrons. The van der Waals surface area contributed by atoms with Gasteiger partial charge in [0.1, 0.15) is 12.1 Å². The number of imide groups is 1. The van der Waals surface area contributed by atoms with Gasteiger partial charge in [0.05, 0.1) is 12.2 Å². The molecule has 4 amide bonds. The Kier molecular flexibility index (Phi) is 5.96. The minimum absolute atomic E-state index is 0.318. The lowest BCUT2D eigenvalue weighted by molar-refractivity contribution is -0.134. The number of carbonyl (C=O) groups is 4. The van der Waals surface area contributed by atoms with Crippen LogP contribution in [0, 0.1) is 0 Å². The van der Waals surface area contributed by atoms with E-state index >= 15 is 0 Å². The molecule has 8 nitrogen and oxygen atoms in total. The fraction of sp³-hybridized carbons (Fsp3) is 0.500. The van der Waals surface area contributed by atoms with E-state index in [1.165, 1.54) is 0 Å². The van der Waals surface area contributed by atoms with Gasteiger partial charge in [0.15, 0.2) is 0 Å². The third kappa shape index (κ3) is 4.16. The van der Waals surface area contributed by atoms with Crippen molar-refractivity contribution in [2.24, 2.45) is 0 Å². The summed E-state index contributed by atoms with van der Waals surface area (Å²) in [6.07, 6.45) is 4.80. The van der Waals surface area contributed by atoms with Gasteiger partial charge in [-0.3, -0.25) is 14.5 Å². The number of nitrogens with zero attached hydrogens (tertiary/aromatic N) is 1. The zero-order valence-corrected chi connectivity index (χ0v) is 16.0. The Morgan fingerprint density at radius 2 is 1.82 bits per heavy atom. The molecule has 2 N–H and O–H groups in total. The average Bonchev–Trinajstić information content (AvgIpc) is 2.91. The van der Waals surface area contributed by atoms with Crippen LogP contribution in [-0.4, -0.2) is 47.4 Å². The molecule has 1 aliphatic heterocycles. The number of urea groups is 1. The van der Waals surface area contributed by atoms with E-state index in [0.717, 1.165) is 30.6 Å². The Bertz CT molecular complexity index is 769. The molecule has 2 fully saturated rings. The van der Waals surface area contributed by atoms with Gasteiger partial charge in [-0.05, 0) is 43.5 Å². The Morgan fingerprint density at radius 1 is 1.14 bits per heavy atom. The van der Waals surface area contributed by atoms with Crippen molar-refractivity contribution in [3.05, 3.63) is 29.8 Å². The highest BCUT2D eigenvalue weighted by Crippen LogP contribution is 2.33. The second-order valence-electron chi connectivity index (χ2n) is 7.23. The van der Waals surface area contributed by atoms with Crippen LogP contribution in [0.25, 0.3) is 0 Å². The second-order valence-corrected chi connectivity index (χ2v) is 7.23. The van der Waals surface area contributed by atoms with Gasteiger partial charge >= 0.3 is 12.0 Å². The third-order valence-electron chi connectivity index (χ3n) is 5.10. The second kappa shape index (κ2) is 8.41. The van der Waals surface area contributed by atoms with Crippen molar-refractivity contribution in [1.82, 2.24) is 10.2 Å². The summed E-state index contributed by atoms with van der Waals surface area (Å²) >= 11 is 0. The molecule has 1 aromatic carbocycles. The zero-order valence-electron chi connectivity index (χ0n) is 16.0. The predicted molar refractivity (Wildman–Crippen MR) is 102 cm³/mol. The highest BCUT2D eigenvalue weighted by molar-refractivity contribution is 6.10. The van der Waals surface area contributed by atoms with Crippen LogP contribution in [0.1, 0.15) is 55.8 Å². The van der Waals surface area contributed by atoms with E-state index < -0.39 is 23.4 Å². The summed E-state index contributed by atoms with van der Waals surface area (Å²) in [6.45, 7) is 1.92. The molecule has 8 heteroatoms. The van der Waals surface area contributed by atoms with Crippen LogP contribution in [0.2, 0.25) is 0 Å². The van der Waals surface area contributed by atoms with Gasteiger partial charge < -0.3 is 15.4 Å². The van der Waals surface area contributed by atoms with E-state index in [1.807, 2.05) is 6.92 Å². The number of ether oxygens (including phenoxy) is 1. The summed E-state index contributed by atoms with van der Waals surface area (Å²) in [5.74, 6) is -1.21. The lowest BCUT2D eigenvalue weighted by Crippen LogP contribution is -2.48. The Balaban J connectivity index is 1.57. The normalized spacial score (nSPS) is 18.1. The summed E-state index contributed by atoms with van der Waals surface area (Å²) in [4.78, 5) is 50.0. The molecule has 1 spiro atoms. The number of rotatable bonds is 6. The molecular formula is C20H25N3O5. The molecule has 1 aromatic rings. The molecular weight excluding hydrogens is 362 g/mol. The van der Waals surface area contributed by atoms with Crippen molar-refractivity contribution in [1.29, 1.82) is 0 Å². The first-order chi connectivity index (χ1) is 13.4. The zero-order chi connectivity index (χ0) is 20.1. The topological polar surface area (TPSA) is 105 Å². The van der Waals surface area contributed by atoms with Crippen LogP contribution in [0.5, 0.6) is 0 Å². The molecule has 1 aliphatic carbocycles. The number of carbonyl (C=O) groups excluding carboxylic acids is 4. The molecule has 3 rings (SSSR count). The van der Waals surface area contributed by atoms with Crippen LogP contribution >= 0.6 is 0 Å². The lowest BCUT2D eigenvalue weighted by atomic mass is 9.82. The lowest BCUT2D eigenvalue weighted by Gasteiger charge is -2.30. The minimum atomic E-state index is -0.837. The first kappa shape index (κ1) is 19.9. The number of esters is 1. The fourth-order valence-corrected chi connectivity index (χ4v) is 3.63. The van der Waals surface area contributed by atoms with Gasteiger partial charge in [0.2, 0.25) is 5.91 Å². The molecule has 1 saturated heterocycles. The van der Waals surface area contributed by atoms with Gasteiger partial charge in [-0.2, -0.15) is 0 Å². The Morgan fingerprint density at radius 3 is 2.46 bits per heavy atom. The van der Waals surface area contributed by atoms with Crippen molar-refractivity contribution in [2.45, 2.75) is 51.0 Å². The average molecular weight is 387 g/mol. The largest absolute Gasteiger partial charge is 0.462 e. The summed E-state index contributed by atoms with van der Waals surface area (Å²) in [5.41, 5.74) is 0.0205. The van der Waals surface area contributed by atoms with Gasteiger partial charge in [0, 0.05) is 5.69 Å². The number of hydrogen-bond donors (Lipinski definition) is 2. The minimum Gasteiger partial charge on any atom is -0.462 e. The first-order valence-corrected chi connectivity index (χ1v) is 9.66. The maximum atomic E-state index is 12.7. The highest BCUT2D eigenvalue weighted by Gasteiger charge is 2.51. The van der Waals surface area contributed by atoms with E-state index in [1.54, 1.807) is 24.3 Å². The Hall–Kier alpha value is -2.90. The molecule has 0 atom stereocenters. The van der Waals surface area contributed by atoms with Crippen LogP contribution in [0.4, 0.5) is 10.5 Å². The van der Waals surface area contributed by atoms with Gasteiger partial charge in [-0.25, -0.2) is 9.59 Å². The molecule has 0 bridgehead atoms. The number of nitrogens with one attached hydrogen (secondary N) is 2. The van der Waals surface area contributed by atoms with E-state index in [2.05, 4.69) is 10.6 Å². The molecule has 0 unspecified atom stereocenters. The fourth-order valence-electron chi connectivity index (χ4n) is 3.63. The van der Waals surface area contributed by atoms with E-state index in [-0.39, 0.29) is 12.5 Å². The van der Waals surface area contributed by atoms with E-state index in [0.29, 0.717) is 30.7 Å². The van der Waals surface area contributed by atoms with Crippen LogP contribution in [0.15, 0.2) is 24.3 Å². The van der Waals surface area contributed by atoms with Crippen molar-refractivity contribution in [2.75, 3.05) is 18.5 Å².